The van der Waals surface area contributed by atoms with E-state index in [0.717, 1.165) is 88.6 Å². The Morgan fingerprint density at radius 3 is 1.30 bits per heavy atom. The number of halogens is 4. The molecule has 0 amide bonds. The molecular weight excluding hydrogens is 899 g/mol. The summed E-state index contributed by atoms with van der Waals surface area (Å²) in [7, 11) is 10.3. The summed E-state index contributed by atoms with van der Waals surface area (Å²) in [6, 6.07) is 34.9. The first-order valence-electron chi connectivity index (χ1n) is 23.4. The molecule has 5 nitrogen and oxygen atoms in total. The lowest BCUT2D eigenvalue weighted by molar-refractivity contribution is -0.115. The average molecular weight is 970 g/mol. The summed E-state index contributed by atoms with van der Waals surface area (Å²) < 4.78 is 4.54. The van der Waals surface area contributed by atoms with Gasteiger partial charge in [-0.05, 0) is 162 Å². The molecule has 0 aromatic heterocycles. The second-order valence-electron chi connectivity index (χ2n) is 18.1. The minimum Gasteiger partial charge on any atom is -0.385 e. The minimum atomic E-state index is -0.204. The molecule has 4 saturated carbocycles. The molecule has 8 rings (SSSR count). The smallest absolute Gasteiger partial charge is 0.187 e. The predicted octanol–water partition coefficient (Wildman–Crippen LogP) is 14.9. The third-order valence-corrected chi connectivity index (χ3v) is 14.6. The Morgan fingerprint density at radius 1 is 0.697 bits per heavy atom. The van der Waals surface area contributed by atoms with Gasteiger partial charge in [-0.15, -0.1) is 5.92 Å². The van der Waals surface area contributed by atoms with Crippen LogP contribution in [0.15, 0.2) is 102 Å². The van der Waals surface area contributed by atoms with Crippen LogP contribution in [-0.2, 0) is 31.2 Å². The van der Waals surface area contributed by atoms with E-state index in [2.05, 4.69) is 92.1 Å². The molecule has 1 atom stereocenters. The third-order valence-electron chi connectivity index (χ3n) is 13.6. The van der Waals surface area contributed by atoms with Gasteiger partial charge in [0.15, 0.2) is 7.85 Å². The first-order chi connectivity index (χ1) is 31.7. The molecule has 4 fully saturated rings. The normalized spacial score (nSPS) is 17.6. The molecule has 0 bridgehead atoms. The van der Waals surface area contributed by atoms with Crippen LogP contribution in [0.4, 0.5) is 0 Å². The van der Waals surface area contributed by atoms with Crippen molar-refractivity contribution in [2.75, 3.05) is 27.8 Å². The summed E-state index contributed by atoms with van der Waals surface area (Å²) >= 11 is 23.4. The standard InChI is InChI=1S/C16H24ClN.C12H14ClN.C11H10ClN.C11H11ClO.C3H3B.C3H8O/c1-12(2)11-15(18-3)16(9-4-10-16)13-5-7-14(17)8-6-13;1-14-9-12(7-2-8-12)10-3-5-11(13)6-4-10;2*12-10-4-2-9(3-5-10)11(8-13)6-1-7-11;1-2-3-4;1-3-4-2/h5-8,12,15,18H,4,9-11H2,1-3H3;3-6,9H,2,7-8H2,1H3;2-5H,1,6-7H2;2-5,8H,1,6-7H2;1H3;3H2,1-2H3. The quantitative estimate of drug-likeness (QED) is 0.0703. The van der Waals surface area contributed by atoms with E-state index in [0.29, 0.717) is 11.5 Å². The lowest BCUT2D eigenvalue weighted by Gasteiger charge is -2.49. The Hall–Kier alpha value is -3.59. The SMILES string of the molecule is CCOC.CN=CC1(c2ccc(Cl)cc2)CCC1.CNC(CC(C)C)C1(c2ccc(Cl)cc2)CCC1.N#CC1(c2ccc(Cl)cc2)CCC1.O=CC1(c2ccc(Cl)cc2)CCC1.[B]C#CC. The van der Waals surface area contributed by atoms with Crippen molar-refractivity contribution < 1.29 is 9.53 Å². The summed E-state index contributed by atoms with van der Waals surface area (Å²) in [6.07, 6.45) is 18.3. The number of nitrogens with zero attached hydrogens (tertiary/aromatic N) is 2. The maximum atomic E-state index is 11.0. The monoisotopic (exact) mass is 967 g/mol. The van der Waals surface area contributed by atoms with Crippen LogP contribution < -0.4 is 5.32 Å². The molecule has 4 aromatic carbocycles. The topological polar surface area (TPSA) is 74.5 Å². The number of carbonyl (C=O) groups is 1. The molecule has 0 aliphatic heterocycles. The summed E-state index contributed by atoms with van der Waals surface area (Å²) in [6.45, 7) is 9.08. The molecule has 2 radical (unpaired) electrons. The number of nitrogens with one attached hydrogen (secondary N) is 1. The van der Waals surface area contributed by atoms with Gasteiger partial charge < -0.3 is 14.8 Å². The average Bonchev–Trinajstić information content (AvgIpc) is 3.27. The lowest BCUT2D eigenvalue weighted by atomic mass is 9.59. The van der Waals surface area contributed by atoms with Gasteiger partial charge >= 0.3 is 0 Å². The van der Waals surface area contributed by atoms with Gasteiger partial charge in [-0.25, -0.2) is 0 Å². The van der Waals surface area contributed by atoms with E-state index in [1.807, 2.05) is 86.8 Å². The molecule has 0 spiro atoms. The molecule has 10 heteroatoms. The Kier molecular flexibility index (Phi) is 24.7. The zero-order valence-corrected chi connectivity index (χ0v) is 43.3. The number of aliphatic imine (C=N–C) groups is 1. The predicted molar refractivity (Wildman–Crippen MR) is 283 cm³/mol. The van der Waals surface area contributed by atoms with Crippen molar-refractivity contribution >= 4 is 66.8 Å². The van der Waals surface area contributed by atoms with Crippen LogP contribution >= 0.6 is 46.4 Å². The summed E-state index contributed by atoms with van der Waals surface area (Å²) in [5.74, 6) is 5.37. The first-order valence-corrected chi connectivity index (χ1v) is 24.9. The first kappa shape index (κ1) is 56.7. The van der Waals surface area contributed by atoms with Gasteiger partial charge in [-0.1, -0.05) is 128 Å². The number of hydrogen-bond acceptors (Lipinski definition) is 5. The van der Waals surface area contributed by atoms with Crippen LogP contribution in [0.25, 0.3) is 0 Å². The number of aldehydes is 1. The number of hydrogen-bond donors (Lipinski definition) is 1. The molecule has 352 valence electrons. The van der Waals surface area contributed by atoms with Crippen LogP contribution in [0.1, 0.15) is 133 Å². The Morgan fingerprint density at radius 2 is 1.06 bits per heavy atom. The number of carbonyl (C=O) groups excluding carboxylic acids is 1. The van der Waals surface area contributed by atoms with Crippen molar-refractivity contribution in [1.29, 1.82) is 5.26 Å². The number of methoxy groups -OCH3 is 1. The van der Waals surface area contributed by atoms with Crippen molar-refractivity contribution in [3.63, 3.8) is 0 Å². The molecule has 1 N–H and O–H groups in total. The molecule has 0 heterocycles. The van der Waals surface area contributed by atoms with Crippen molar-refractivity contribution in [1.82, 2.24) is 5.32 Å². The summed E-state index contributed by atoms with van der Waals surface area (Å²) in [5, 5.41) is 15.7. The molecule has 0 saturated heterocycles. The maximum Gasteiger partial charge on any atom is 0.187 e. The van der Waals surface area contributed by atoms with Crippen molar-refractivity contribution in [2.24, 2.45) is 10.9 Å². The number of likely N-dealkylation sites (N-methyl/N-ethyl adjacent to an activating group) is 1. The van der Waals surface area contributed by atoms with E-state index in [1.54, 1.807) is 14.0 Å². The Balaban J connectivity index is 0.000000223. The van der Waals surface area contributed by atoms with E-state index in [1.165, 1.54) is 56.1 Å². The van der Waals surface area contributed by atoms with E-state index < -0.39 is 0 Å². The largest absolute Gasteiger partial charge is 0.385 e. The van der Waals surface area contributed by atoms with Crippen molar-refractivity contribution in [2.45, 2.75) is 139 Å². The fourth-order valence-electron chi connectivity index (χ4n) is 8.93. The van der Waals surface area contributed by atoms with Gasteiger partial charge in [-0.3, -0.25) is 4.99 Å². The highest BCUT2D eigenvalue weighted by molar-refractivity contribution is 6.31. The van der Waals surface area contributed by atoms with Crippen LogP contribution in [0.2, 0.25) is 20.1 Å². The number of rotatable bonds is 11. The molecule has 1 unspecified atom stereocenters. The van der Waals surface area contributed by atoms with Crippen molar-refractivity contribution in [3.8, 4) is 17.8 Å². The van der Waals surface area contributed by atoms with E-state index >= 15 is 0 Å². The molecule has 4 aliphatic carbocycles. The van der Waals surface area contributed by atoms with E-state index in [-0.39, 0.29) is 16.2 Å². The molecule has 66 heavy (non-hydrogen) atoms. The van der Waals surface area contributed by atoms with Gasteiger partial charge in [0.2, 0.25) is 0 Å². The Bertz CT molecular complexity index is 2130. The van der Waals surface area contributed by atoms with Crippen molar-refractivity contribution in [3.05, 3.63) is 139 Å². The van der Waals surface area contributed by atoms with Gasteiger partial charge in [0, 0.05) is 63.9 Å². The fraction of sp³-hybridized carbons (Fsp3) is 0.482. The van der Waals surface area contributed by atoms with Gasteiger partial charge in [0.1, 0.15) is 6.29 Å². The molecule has 4 aliphatic rings. The molecular formula is C56H70BCl4N3O2. The van der Waals surface area contributed by atoms with Crippen LogP contribution in [0, 0.1) is 29.0 Å². The maximum absolute atomic E-state index is 11.0. The number of ether oxygens (including phenoxy) is 1. The van der Waals surface area contributed by atoms with E-state index in [9.17, 15) is 4.79 Å². The lowest BCUT2D eigenvalue weighted by Crippen LogP contribution is -2.52. The highest BCUT2D eigenvalue weighted by Crippen LogP contribution is 2.48. The zero-order chi connectivity index (χ0) is 48.6. The van der Waals surface area contributed by atoms with Gasteiger partial charge in [0.05, 0.1) is 16.9 Å². The second-order valence-corrected chi connectivity index (χ2v) is 19.8. The second kappa shape index (κ2) is 28.7. The number of nitriles is 1. The minimum absolute atomic E-state index is 0.190. The van der Waals surface area contributed by atoms with Gasteiger partial charge in [0.25, 0.3) is 0 Å². The third kappa shape index (κ3) is 15.7. The highest BCUT2D eigenvalue weighted by atomic mass is 35.5. The van der Waals surface area contributed by atoms with Crippen LogP contribution in [0.3, 0.4) is 0 Å². The van der Waals surface area contributed by atoms with Crippen LogP contribution in [0.5, 0.6) is 0 Å². The Labute approximate surface area is 419 Å². The molecule has 4 aromatic rings. The van der Waals surface area contributed by atoms with E-state index in [4.69, 9.17) is 51.7 Å². The summed E-state index contributed by atoms with van der Waals surface area (Å²) in [5.41, 5.74) is 5.18. The fourth-order valence-corrected chi connectivity index (χ4v) is 9.43. The number of benzene rings is 4. The highest BCUT2D eigenvalue weighted by Gasteiger charge is 2.45. The van der Waals surface area contributed by atoms with Crippen LogP contribution in [-0.4, -0.2) is 54.2 Å². The zero-order valence-electron chi connectivity index (χ0n) is 40.2. The summed E-state index contributed by atoms with van der Waals surface area (Å²) in [4.78, 5) is 15.1. The van der Waals surface area contributed by atoms with Gasteiger partial charge in [-0.2, -0.15) is 11.1 Å².